The highest BCUT2D eigenvalue weighted by Crippen LogP contribution is 2.08. The lowest BCUT2D eigenvalue weighted by atomic mass is 10.3. The highest BCUT2D eigenvalue weighted by atomic mass is 16.6. The van der Waals surface area contributed by atoms with Crippen molar-refractivity contribution in [3.8, 4) is 0 Å². The van der Waals surface area contributed by atoms with E-state index in [1.54, 1.807) is 0 Å². The average molecular weight is 110 g/mol. The summed E-state index contributed by atoms with van der Waals surface area (Å²) in [5, 5.41) is 3.50. The molecule has 8 heavy (non-hydrogen) atoms. The zero-order valence-electron chi connectivity index (χ0n) is 4.59. The number of rotatable bonds is 0. The molecule has 1 unspecified atom stereocenters. The van der Waals surface area contributed by atoms with Crippen LogP contribution in [0.4, 0.5) is 0 Å². The molecule has 0 fully saturated rings. The normalized spacial score (nSPS) is 26.0. The molecule has 3 nitrogen and oxygen atoms in total. The number of hydrogen-bond acceptors (Lipinski definition) is 2. The Morgan fingerprint density at radius 3 is 3.00 bits per heavy atom. The van der Waals surface area contributed by atoms with Gasteiger partial charge in [-0.3, -0.25) is 0 Å². The molecule has 3 heteroatoms. The molecule has 1 atom stereocenters. The van der Waals surface area contributed by atoms with Gasteiger partial charge in [0.25, 0.3) is 5.84 Å². The third-order valence-corrected chi connectivity index (χ3v) is 0.937. The fraction of sp³-hybridized carbons (Fsp3) is 0.600. The van der Waals surface area contributed by atoms with Crippen LogP contribution in [0.2, 0.25) is 0 Å². The summed E-state index contributed by atoms with van der Waals surface area (Å²) in [6.07, 6.45) is 0.780. The molecule has 0 aromatic heterocycles. The summed E-state index contributed by atoms with van der Waals surface area (Å²) < 4.78 is 0. The highest BCUT2D eigenvalue weighted by molar-refractivity contribution is 5.91. The third-order valence-electron chi connectivity index (χ3n) is 0.937. The van der Waals surface area contributed by atoms with E-state index in [4.69, 9.17) is 11.4 Å². The molecule has 0 aromatic rings. The first-order valence-electron chi connectivity index (χ1n) is 2.43. The first-order chi connectivity index (χ1) is 3.83. The minimum absolute atomic E-state index is 0.110. The van der Waals surface area contributed by atoms with Gasteiger partial charge in [-0.1, -0.05) is 6.57 Å². The number of nitrogens with zero attached hydrogens (tertiary/aromatic N) is 2. The molecule has 0 aromatic carbocycles. The SMILES string of the molecule is [C-]#[N+]C1=NOC(C)C1. The van der Waals surface area contributed by atoms with Crippen LogP contribution in [0.25, 0.3) is 4.85 Å². The summed E-state index contributed by atoms with van der Waals surface area (Å²) in [4.78, 5) is 7.84. The molecule has 0 saturated heterocycles. The number of oxime groups is 1. The van der Waals surface area contributed by atoms with Crippen molar-refractivity contribution < 1.29 is 4.84 Å². The van der Waals surface area contributed by atoms with Crippen LogP contribution in [-0.2, 0) is 4.84 Å². The molecule has 0 spiro atoms. The summed E-state index contributed by atoms with van der Waals surface area (Å²) >= 11 is 0. The standard InChI is InChI=1S/C5H6N2O/c1-4-3-5(6-2)7-8-4/h4H,3H2,1H3. The van der Waals surface area contributed by atoms with Gasteiger partial charge in [0, 0.05) is 6.42 Å². The van der Waals surface area contributed by atoms with E-state index >= 15 is 0 Å². The van der Waals surface area contributed by atoms with Crippen molar-refractivity contribution in [2.75, 3.05) is 0 Å². The van der Waals surface area contributed by atoms with Crippen molar-refractivity contribution in [2.45, 2.75) is 19.4 Å². The Morgan fingerprint density at radius 2 is 2.75 bits per heavy atom. The van der Waals surface area contributed by atoms with E-state index in [0.29, 0.717) is 12.3 Å². The Balaban J connectivity index is 2.53. The summed E-state index contributed by atoms with van der Waals surface area (Å²) in [5.41, 5.74) is 0. The maximum atomic E-state index is 6.50. The Labute approximate surface area is 47.8 Å². The fourth-order valence-corrected chi connectivity index (χ4v) is 0.549. The van der Waals surface area contributed by atoms with Gasteiger partial charge in [-0.05, 0) is 6.92 Å². The molecule has 1 heterocycles. The van der Waals surface area contributed by atoms with E-state index in [-0.39, 0.29) is 6.10 Å². The van der Waals surface area contributed by atoms with E-state index in [1.165, 1.54) is 0 Å². The molecule has 0 radical (unpaired) electrons. The first kappa shape index (κ1) is 5.10. The minimum atomic E-state index is 0.110. The molecular formula is C5H6N2O. The summed E-state index contributed by atoms with van der Waals surface area (Å²) in [5.74, 6) is 0.484. The van der Waals surface area contributed by atoms with E-state index in [1.807, 2.05) is 6.92 Å². The quantitative estimate of drug-likeness (QED) is 0.427. The van der Waals surface area contributed by atoms with Crippen LogP contribution in [0.15, 0.2) is 5.16 Å². The third kappa shape index (κ3) is 0.784. The molecule has 1 rings (SSSR count). The van der Waals surface area contributed by atoms with Gasteiger partial charge in [-0.15, -0.1) is 0 Å². The lowest BCUT2D eigenvalue weighted by Crippen LogP contribution is -1.97. The van der Waals surface area contributed by atoms with Gasteiger partial charge in [-0.25, -0.2) is 0 Å². The van der Waals surface area contributed by atoms with Crippen LogP contribution >= 0.6 is 0 Å². The van der Waals surface area contributed by atoms with E-state index in [2.05, 4.69) is 10.0 Å². The van der Waals surface area contributed by atoms with Crippen LogP contribution in [0.5, 0.6) is 0 Å². The first-order valence-corrected chi connectivity index (χ1v) is 2.43. The predicted octanol–water partition coefficient (Wildman–Crippen LogP) is 1.03. The van der Waals surface area contributed by atoms with Crippen molar-refractivity contribution in [3.05, 3.63) is 11.4 Å². The molecule has 0 saturated carbocycles. The molecule has 1 aliphatic heterocycles. The summed E-state index contributed by atoms with van der Waals surface area (Å²) in [7, 11) is 0. The van der Waals surface area contributed by atoms with Crippen LogP contribution in [0.3, 0.4) is 0 Å². The van der Waals surface area contributed by atoms with E-state index in [9.17, 15) is 0 Å². The lowest BCUT2D eigenvalue weighted by molar-refractivity contribution is 0.0995. The van der Waals surface area contributed by atoms with Gasteiger partial charge in [-0.2, -0.15) is 0 Å². The highest BCUT2D eigenvalue weighted by Gasteiger charge is 2.17. The average Bonchev–Trinajstić information content (AvgIpc) is 2.14. The second kappa shape index (κ2) is 1.83. The molecule has 1 aliphatic rings. The van der Waals surface area contributed by atoms with Crippen LogP contribution in [0, 0.1) is 6.57 Å². The predicted molar refractivity (Wildman–Crippen MR) is 29.2 cm³/mol. The second-order valence-corrected chi connectivity index (χ2v) is 1.74. The molecular weight excluding hydrogens is 104 g/mol. The smallest absolute Gasteiger partial charge is 0.295 e. The Kier molecular flexibility index (Phi) is 1.17. The zero-order chi connectivity index (χ0) is 5.98. The number of hydrogen-bond donors (Lipinski definition) is 0. The largest absolute Gasteiger partial charge is 0.361 e. The monoisotopic (exact) mass is 110 g/mol. The number of amidine groups is 1. The van der Waals surface area contributed by atoms with Crippen LogP contribution in [-0.4, -0.2) is 11.9 Å². The Hall–Kier alpha value is -1.04. The molecule has 0 amide bonds. The van der Waals surface area contributed by atoms with Gasteiger partial charge in [0.15, 0.2) is 0 Å². The van der Waals surface area contributed by atoms with Gasteiger partial charge in [0.1, 0.15) is 6.10 Å². The van der Waals surface area contributed by atoms with Crippen molar-refractivity contribution >= 4 is 5.84 Å². The Morgan fingerprint density at radius 1 is 2.00 bits per heavy atom. The topological polar surface area (TPSA) is 25.9 Å². The second-order valence-electron chi connectivity index (χ2n) is 1.74. The maximum Gasteiger partial charge on any atom is 0.295 e. The van der Waals surface area contributed by atoms with Gasteiger partial charge in [0.05, 0.1) is 5.16 Å². The van der Waals surface area contributed by atoms with Gasteiger partial charge < -0.3 is 9.68 Å². The van der Waals surface area contributed by atoms with E-state index in [0.717, 1.165) is 0 Å². The van der Waals surface area contributed by atoms with Gasteiger partial charge >= 0.3 is 0 Å². The van der Waals surface area contributed by atoms with Crippen molar-refractivity contribution in [1.29, 1.82) is 0 Å². The maximum absolute atomic E-state index is 6.50. The Bertz CT molecular complexity index is 156. The fourth-order valence-electron chi connectivity index (χ4n) is 0.549. The van der Waals surface area contributed by atoms with Gasteiger partial charge in [0.2, 0.25) is 0 Å². The van der Waals surface area contributed by atoms with Crippen LogP contribution < -0.4 is 0 Å². The van der Waals surface area contributed by atoms with Crippen molar-refractivity contribution in [3.63, 3.8) is 0 Å². The van der Waals surface area contributed by atoms with Crippen molar-refractivity contribution in [2.24, 2.45) is 5.16 Å². The molecule has 0 aliphatic carbocycles. The molecule has 42 valence electrons. The zero-order valence-corrected chi connectivity index (χ0v) is 4.59. The van der Waals surface area contributed by atoms with Crippen molar-refractivity contribution in [1.82, 2.24) is 0 Å². The van der Waals surface area contributed by atoms with E-state index < -0.39 is 0 Å². The molecule has 0 N–H and O–H groups in total. The minimum Gasteiger partial charge on any atom is -0.361 e. The summed E-state index contributed by atoms with van der Waals surface area (Å²) in [6.45, 7) is 8.39. The lowest BCUT2D eigenvalue weighted by Gasteiger charge is -1.89. The molecule has 0 bridgehead atoms. The summed E-state index contributed by atoms with van der Waals surface area (Å²) in [6, 6.07) is 0. The van der Waals surface area contributed by atoms with Crippen LogP contribution in [0.1, 0.15) is 13.3 Å².